The SMILES string of the molecule is CCCn1ncnc1CC(O)c1cncc(F)c1. The maximum absolute atomic E-state index is 13.0. The summed E-state index contributed by atoms with van der Waals surface area (Å²) in [5.74, 6) is 0.232. The zero-order chi connectivity index (χ0) is 13.0. The summed E-state index contributed by atoms with van der Waals surface area (Å²) in [6.45, 7) is 2.79. The average molecular weight is 250 g/mol. The Kier molecular flexibility index (Phi) is 3.99. The lowest BCUT2D eigenvalue weighted by atomic mass is 10.1. The molecule has 2 rings (SSSR count). The summed E-state index contributed by atoms with van der Waals surface area (Å²) in [7, 11) is 0. The van der Waals surface area contributed by atoms with Gasteiger partial charge in [-0.2, -0.15) is 5.10 Å². The smallest absolute Gasteiger partial charge is 0.141 e. The minimum absolute atomic E-state index is 0.297. The van der Waals surface area contributed by atoms with E-state index >= 15 is 0 Å². The van der Waals surface area contributed by atoms with Gasteiger partial charge < -0.3 is 5.11 Å². The van der Waals surface area contributed by atoms with Crippen molar-refractivity contribution in [2.24, 2.45) is 0 Å². The van der Waals surface area contributed by atoms with Crippen LogP contribution in [-0.2, 0) is 13.0 Å². The number of aliphatic hydroxyl groups is 1. The summed E-state index contributed by atoms with van der Waals surface area (Å²) in [6.07, 6.45) is 4.43. The molecule has 96 valence electrons. The van der Waals surface area contributed by atoms with Crippen molar-refractivity contribution in [1.82, 2.24) is 19.7 Å². The van der Waals surface area contributed by atoms with Crippen LogP contribution in [0, 0.1) is 5.82 Å². The highest BCUT2D eigenvalue weighted by Crippen LogP contribution is 2.17. The second-order valence-electron chi connectivity index (χ2n) is 4.06. The van der Waals surface area contributed by atoms with Crippen LogP contribution in [0.25, 0.3) is 0 Å². The third kappa shape index (κ3) is 2.89. The van der Waals surface area contributed by atoms with E-state index in [1.54, 1.807) is 4.68 Å². The van der Waals surface area contributed by atoms with Gasteiger partial charge in [0.2, 0.25) is 0 Å². The van der Waals surface area contributed by atoms with Crippen LogP contribution < -0.4 is 0 Å². The van der Waals surface area contributed by atoms with Gasteiger partial charge >= 0.3 is 0 Å². The molecule has 1 atom stereocenters. The molecule has 5 nitrogen and oxygen atoms in total. The molecule has 0 spiro atoms. The number of pyridine rings is 1. The fourth-order valence-electron chi connectivity index (χ4n) is 1.75. The zero-order valence-corrected chi connectivity index (χ0v) is 10.1. The summed E-state index contributed by atoms with van der Waals surface area (Å²) in [5, 5.41) is 14.1. The first kappa shape index (κ1) is 12.6. The van der Waals surface area contributed by atoms with Crippen molar-refractivity contribution in [3.05, 3.63) is 42.0 Å². The third-order valence-electron chi connectivity index (χ3n) is 2.62. The molecule has 1 N–H and O–H groups in total. The van der Waals surface area contributed by atoms with E-state index in [4.69, 9.17) is 0 Å². The zero-order valence-electron chi connectivity index (χ0n) is 10.1. The lowest BCUT2D eigenvalue weighted by Gasteiger charge is -2.11. The van der Waals surface area contributed by atoms with E-state index in [1.165, 1.54) is 18.6 Å². The maximum Gasteiger partial charge on any atom is 0.141 e. The summed E-state index contributed by atoms with van der Waals surface area (Å²) in [5.41, 5.74) is 0.445. The van der Waals surface area contributed by atoms with E-state index < -0.39 is 11.9 Å². The molecule has 1 unspecified atom stereocenters. The summed E-state index contributed by atoms with van der Waals surface area (Å²) >= 11 is 0. The number of hydrogen-bond acceptors (Lipinski definition) is 4. The van der Waals surface area contributed by atoms with Crippen LogP contribution in [0.3, 0.4) is 0 Å². The van der Waals surface area contributed by atoms with Crippen LogP contribution >= 0.6 is 0 Å². The maximum atomic E-state index is 13.0. The second kappa shape index (κ2) is 5.68. The molecule has 6 heteroatoms. The third-order valence-corrected chi connectivity index (χ3v) is 2.62. The molecule has 0 fully saturated rings. The summed E-state index contributed by atoms with van der Waals surface area (Å²) in [4.78, 5) is 7.82. The highest BCUT2D eigenvalue weighted by molar-refractivity contribution is 5.14. The Hall–Kier alpha value is -1.82. The number of halogens is 1. The molecule has 0 saturated carbocycles. The highest BCUT2D eigenvalue weighted by atomic mass is 19.1. The van der Waals surface area contributed by atoms with Gasteiger partial charge in [0, 0.05) is 24.7 Å². The molecule has 0 amide bonds. The van der Waals surface area contributed by atoms with Crippen LogP contribution in [-0.4, -0.2) is 24.9 Å². The number of hydrogen-bond donors (Lipinski definition) is 1. The Morgan fingerprint density at radius 3 is 3.00 bits per heavy atom. The Labute approximate surface area is 104 Å². The standard InChI is InChI=1S/C12H15FN4O/c1-2-3-17-12(15-8-16-17)5-11(18)9-4-10(13)7-14-6-9/h4,6-8,11,18H,2-3,5H2,1H3. The first-order valence-corrected chi connectivity index (χ1v) is 5.86. The van der Waals surface area contributed by atoms with E-state index in [0.717, 1.165) is 19.2 Å². The molecule has 0 saturated heterocycles. The van der Waals surface area contributed by atoms with E-state index in [2.05, 4.69) is 15.1 Å². The predicted molar refractivity (Wildman–Crippen MR) is 63.2 cm³/mol. The molecule has 0 bridgehead atoms. The lowest BCUT2D eigenvalue weighted by Crippen LogP contribution is -2.10. The van der Waals surface area contributed by atoms with Gasteiger partial charge in [0.05, 0.1) is 12.3 Å². The van der Waals surface area contributed by atoms with E-state index in [9.17, 15) is 9.50 Å². The molecule has 0 aliphatic rings. The van der Waals surface area contributed by atoms with Crippen LogP contribution in [0.4, 0.5) is 4.39 Å². The fourth-order valence-corrected chi connectivity index (χ4v) is 1.75. The normalized spacial score (nSPS) is 12.6. The second-order valence-corrected chi connectivity index (χ2v) is 4.06. The Morgan fingerprint density at radius 2 is 2.28 bits per heavy atom. The lowest BCUT2D eigenvalue weighted by molar-refractivity contribution is 0.173. The molecule has 0 aliphatic heterocycles. The van der Waals surface area contributed by atoms with E-state index in [1.807, 2.05) is 6.92 Å². The van der Waals surface area contributed by atoms with E-state index in [-0.39, 0.29) is 0 Å². The minimum atomic E-state index is -0.826. The van der Waals surface area contributed by atoms with Gasteiger partial charge in [0.15, 0.2) is 0 Å². The van der Waals surface area contributed by atoms with Gasteiger partial charge in [-0.05, 0) is 12.5 Å². The number of rotatable bonds is 5. The van der Waals surface area contributed by atoms with Crippen molar-refractivity contribution in [3.63, 3.8) is 0 Å². The monoisotopic (exact) mass is 250 g/mol. The first-order valence-electron chi connectivity index (χ1n) is 5.86. The molecule has 0 radical (unpaired) electrons. The summed E-state index contributed by atoms with van der Waals surface area (Å²) in [6, 6.07) is 1.28. The van der Waals surface area contributed by atoms with E-state index in [0.29, 0.717) is 17.8 Å². The molecule has 0 aliphatic carbocycles. The van der Waals surface area contributed by atoms with Gasteiger partial charge in [-0.25, -0.2) is 9.37 Å². The Morgan fingerprint density at radius 1 is 1.44 bits per heavy atom. The number of aryl methyl sites for hydroxylation is 1. The Bertz CT molecular complexity index is 514. The number of aliphatic hydroxyl groups excluding tert-OH is 1. The molecule has 18 heavy (non-hydrogen) atoms. The van der Waals surface area contributed by atoms with Gasteiger partial charge in [0.25, 0.3) is 0 Å². The van der Waals surface area contributed by atoms with Crippen molar-refractivity contribution in [2.45, 2.75) is 32.4 Å². The first-order chi connectivity index (χ1) is 8.70. The largest absolute Gasteiger partial charge is 0.388 e. The fraction of sp³-hybridized carbons (Fsp3) is 0.417. The molecular weight excluding hydrogens is 235 g/mol. The van der Waals surface area contributed by atoms with Crippen molar-refractivity contribution >= 4 is 0 Å². The van der Waals surface area contributed by atoms with Crippen molar-refractivity contribution in [2.75, 3.05) is 0 Å². The quantitative estimate of drug-likeness (QED) is 0.873. The van der Waals surface area contributed by atoms with Crippen LogP contribution in [0.1, 0.15) is 30.8 Å². The van der Waals surface area contributed by atoms with Crippen molar-refractivity contribution < 1.29 is 9.50 Å². The van der Waals surface area contributed by atoms with Gasteiger partial charge in [-0.15, -0.1) is 0 Å². The van der Waals surface area contributed by atoms with Crippen molar-refractivity contribution in [1.29, 1.82) is 0 Å². The predicted octanol–water partition coefficient (Wildman–Crippen LogP) is 1.50. The van der Waals surface area contributed by atoms with Crippen molar-refractivity contribution in [3.8, 4) is 0 Å². The number of aromatic nitrogens is 4. The van der Waals surface area contributed by atoms with Gasteiger partial charge in [-0.1, -0.05) is 6.92 Å². The molecule has 2 aromatic rings. The Balaban J connectivity index is 2.11. The number of nitrogens with zero attached hydrogens (tertiary/aromatic N) is 4. The minimum Gasteiger partial charge on any atom is -0.388 e. The average Bonchev–Trinajstić information content (AvgIpc) is 2.77. The highest BCUT2D eigenvalue weighted by Gasteiger charge is 2.14. The molecular formula is C12H15FN4O. The van der Waals surface area contributed by atoms with Gasteiger partial charge in [-0.3, -0.25) is 9.67 Å². The van der Waals surface area contributed by atoms with Crippen LogP contribution in [0.15, 0.2) is 24.8 Å². The topological polar surface area (TPSA) is 63.8 Å². The van der Waals surface area contributed by atoms with Gasteiger partial charge in [0.1, 0.15) is 18.0 Å². The molecule has 2 heterocycles. The molecule has 0 aromatic carbocycles. The molecule has 2 aromatic heterocycles. The van der Waals surface area contributed by atoms with Crippen LogP contribution in [0.5, 0.6) is 0 Å². The van der Waals surface area contributed by atoms with Crippen LogP contribution in [0.2, 0.25) is 0 Å². The summed E-state index contributed by atoms with van der Waals surface area (Å²) < 4.78 is 14.7.